The van der Waals surface area contributed by atoms with Gasteiger partial charge in [0.05, 0.1) is 5.52 Å². The zero-order valence-corrected chi connectivity index (χ0v) is 14.8. The van der Waals surface area contributed by atoms with E-state index in [2.05, 4.69) is 29.5 Å². The minimum Gasteiger partial charge on any atom is -0.351 e. The first-order chi connectivity index (χ1) is 11.4. The van der Waals surface area contributed by atoms with Gasteiger partial charge in [0.15, 0.2) is 5.69 Å². The Morgan fingerprint density at radius 2 is 1.96 bits per heavy atom. The van der Waals surface area contributed by atoms with Crippen molar-refractivity contribution in [1.29, 1.82) is 0 Å². The van der Waals surface area contributed by atoms with E-state index in [0.717, 1.165) is 12.8 Å². The van der Waals surface area contributed by atoms with Crippen LogP contribution in [0.1, 0.15) is 61.6 Å². The van der Waals surface area contributed by atoms with E-state index in [-0.39, 0.29) is 29.4 Å². The number of pyridine rings is 1. The zero-order valence-electron chi connectivity index (χ0n) is 14.8. The van der Waals surface area contributed by atoms with Crippen LogP contribution in [-0.2, 0) is 0 Å². The van der Waals surface area contributed by atoms with E-state index in [1.165, 1.54) is 0 Å². The Bertz CT molecular complexity index is 721. The van der Waals surface area contributed by atoms with Crippen molar-refractivity contribution in [2.75, 3.05) is 6.54 Å². The minimum atomic E-state index is -0.271. The summed E-state index contributed by atoms with van der Waals surface area (Å²) >= 11 is 0. The molecule has 2 N–H and O–H groups in total. The quantitative estimate of drug-likeness (QED) is 0.819. The van der Waals surface area contributed by atoms with Crippen molar-refractivity contribution in [3.63, 3.8) is 0 Å². The molecule has 0 spiro atoms. The van der Waals surface area contributed by atoms with Crippen LogP contribution in [0.4, 0.5) is 0 Å². The molecule has 0 aliphatic heterocycles. The highest BCUT2D eigenvalue weighted by Gasteiger charge is 2.21. The van der Waals surface area contributed by atoms with Crippen LogP contribution in [0, 0.1) is 5.92 Å². The molecule has 1 atom stereocenters. The molecule has 2 rings (SSSR count). The van der Waals surface area contributed by atoms with Crippen LogP contribution in [0.15, 0.2) is 24.4 Å². The lowest BCUT2D eigenvalue weighted by molar-refractivity contribution is 0.0928. The molecule has 24 heavy (non-hydrogen) atoms. The highest BCUT2D eigenvalue weighted by Crippen LogP contribution is 2.14. The van der Waals surface area contributed by atoms with Gasteiger partial charge in [-0.05, 0) is 37.8 Å². The SMILES string of the molecule is CCC(C)NC(=O)c1nc(C(=O)NCCC(C)C)c2ccccn12. The van der Waals surface area contributed by atoms with E-state index in [1.54, 1.807) is 16.7 Å². The summed E-state index contributed by atoms with van der Waals surface area (Å²) in [6.07, 6.45) is 3.48. The van der Waals surface area contributed by atoms with Crippen molar-refractivity contribution >= 4 is 17.3 Å². The third-order valence-corrected chi connectivity index (χ3v) is 3.96. The lowest BCUT2D eigenvalue weighted by Gasteiger charge is -2.10. The second kappa shape index (κ2) is 7.95. The number of nitrogens with zero attached hydrogens (tertiary/aromatic N) is 2. The normalized spacial score (nSPS) is 12.4. The molecule has 2 heterocycles. The molecule has 2 aromatic heterocycles. The number of hydrogen-bond acceptors (Lipinski definition) is 3. The third-order valence-electron chi connectivity index (χ3n) is 3.96. The van der Waals surface area contributed by atoms with Crippen LogP contribution in [0.5, 0.6) is 0 Å². The fourth-order valence-electron chi connectivity index (χ4n) is 2.31. The maximum Gasteiger partial charge on any atom is 0.287 e. The third kappa shape index (κ3) is 4.13. The average Bonchev–Trinajstić information content (AvgIpc) is 2.94. The molecule has 130 valence electrons. The Morgan fingerprint density at radius 1 is 1.21 bits per heavy atom. The Morgan fingerprint density at radius 3 is 2.62 bits per heavy atom. The number of imidazole rings is 1. The van der Waals surface area contributed by atoms with Crippen molar-refractivity contribution in [2.24, 2.45) is 5.92 Å². The van der Waals surface area contributed by atoms with Crippen LogP contribution in [0.2, 0.25) is 0 Å². The Balaban J connectivity index is 2.28. The van der Waals surface area contributed by atoms with Crippen molar-refractivity contribution < 1.29 is 9.59 Å². The van der Waals surface area contributed by atoms with Gasteiger partial charge in [-0.1, -0.05) is 26.8 Å². The lowest BCUT2D eigenvalue weighted by Crippen LogP contribution is -2.33. The first kappa shape index (κ1) is 18.0. The zero-order chi connectivity index (χ0) is 17.7. The van der Waals surface area contributed by atoms with Gasteiger partial charge in [-0.15, -0.1) is 0 Å². The fraction of sp³-hybridized carbons (Fsp3) is 0.500. The molecule has 0 bridgehead atoms. The molecular weight excluding hydrogens is 304 g/mol. The summed E-state index contributed by atoms with van der Waals surface area (Å²) in [4.78, 5) is 29.2. The first-order valence-corrected chi connectivity index (χ1v) is 8.50. The van der Waals surface area contributed by atoms with Crippen LogP contribution in [0.3, 0.4) is 0 Å². The van der Waals surface area contributed by atoms with Gasteiger partial charge in [-0.2, -0.15) is 0 Å². The number of aromatic nitrogens is 2. The second-order valence-electron chi connectivity index (χ2n) is 6.46. The van der Waals surface area contributed by atoms with Gasteiger partial charge >= 0.3 is 0 Å². The van der Waals surface area contributed by atoms with E-state index in [1.807, 2.05) is 26.0 Å². The van der Waals surface area contributed by atoms with Crippen molar-refractivity contribution in [3.8, 4) is 0 Å². The molecule has 0 aliphatic rings. The predicted octanol–water partition coefficient (Wildman–Crippen LogP) is 2.64. The summed E-state index contributed by atoms with van der Waals surface area (Å²) in [5, 5.41) is 5.77. The van der Waals surface area contributed by atoms with Gasteiger partial charge in [0, 0.05) is 18.8 Å². The number of nitrogens with one attached hydrogen (secondary N) is 2. The molecule has 6 heteroatoms. The lowest BCUT2D eigenvalue weighted by atomic mass is 10.1. The molecule has 0 aliphatic carbocycles. The number of hydrogen-bond donors (Lipinski definition) is 2. The molecule has 6 nitrogen and oxygen atoms in total. The van der Waals surface area contributed by atoms with Crippen molar-refractivity contribution in [1.82, 2.24) is 20.0 Å². The summed E-state index contributed by atoms with van der Waals surface area (Å²) in [6, 6.07) is 5.49. The maximum absolute atomic E-state index is 12.4. The van der Waals surface area contributed by atoms with Gasteiger partial charge in [-0.3, -0.25) is 14.0 Å². The van der Waals surface area contributed by atoms with E-state index in [4.69, 9.17) is 0 Å². The fourth-order valence-corrected chi connectivity index (χ4v) is 2.31. The van der Waals surface area contributed by atoms with E-state index in [0.29, 0.717) is 18.0 Å². The Labute approximate surface area is 142 Å². The van der Waals surface area contributed by atoms with Crippen LogP contribution in [0.25, 0.3) is 5.52 Å². The smallest absolute Gasteiger partial charge is 0.287 e. The minimum absolute atomic E-state index is 0.0527. The maximum atomic E-state index is 12.4. The first-order valence-electron chi connectivity index (χ1n) is 8.50. The summed E-state index contributed by atoms with van der Waals surface area (Å²) in [5.41, 5.74) is 0.919. The molecule has 0 aromatic carbocycles. The topological polar surface area (TPSA) is 75.5 Å². The summed E-state index contributed by atoms with van der Waals surface area (Å²) < 4.78 is 1.66. The molecule has 1 unspecified atom stereocenters. The Kier molecular flexibility index (Phi) is 5.95. The van der Waals surface area contributed by atoms with E-state index < -0.39 is 0 Å². The molecule has 0 saturated heterocycles. The molecule has 0 saturated carbocycles. The average molecular weight is 330 g/mol. The van der Waals surface area contributed by atoms with Crippen LogP contribution in [-0.4, -0.2) is 33.8 Å². The highest BCUT2D eigenvalue weighted by atomic mass is 16.2. The monoisotopic (exact) mass is 330 g/mol. The van der Waals surface area contributed by atoms with Gasteiger partial charge < -0.3 is 10.6 Å². The number of fused-ring (bicyclic) bond motifs is 1. The van der Waals surface area contributed by atoms with Gasteiger partial charge in [0.1, 0.15) is 0 Å². The van der Waals surface area contributed by atoms with Gasteiger partial charge in [0.2, 0.25) is 5.82 Å². The highest BCUT2D eigenvalue weighted by molar-refractivity contribution is 6.02. The molecule has 0 radical (unpaired) electrons. The van der Waals surface area contributed by atoms with Crippen LogP contribution >= 0.6 is 0 Å². The molecule has 0 fully saturated rings. The van der Waals surface area contributed by atoms with E-state index >= 15 is 0 Å². The number of amides is 2. The van der Waals surface area contributed by atoms with Crippen molar-refractivity contribution in [2.45, 2.75) is 46.6 Å². The van der Waals surface area contributed by atoms with Crippen LogP contribution < -0.4 is 10.6 Å². The Hall–Kier alpha value is -2.37. The number of rotatable bonds is 7. The van der Waals surface area contributed by atoms with E-state index in [9.17, 15) is 9.59 Å². The molecule has 2 aromatic rings. The summed E-state index contributed by atoms with van der Waals surface area (Å²) in [6.45, 7) is 8.75. The van der Waals surface area contributed by atoms with Gasteiger partial charge in [-0.25, -0.2) is 4.98 Å². The number of carbonyl (C=O) groups excluding carboxylic acids is 2. The second-order valence-corrected chi connectivity index (χ2v) is 6.46. The summed E-state index contributed by atoms with van der Waals surface area (Å²) in [5.74, 6) is 0.231. The molecular formula is C18H26N4O2. The van der Waals surface area contributed by atoms with Gasteiger partial charge in [0.25, 0.3) is 11.8 Å². The molecule has 2 amide bonds. The largest absolute Gasteiger partial charge is 0.351 e. The number of carbonyl (C=O) groups is 2. The summed E-state index contributed by atoms with van der Waals surface area (Å²) in [7, 11) is 0. The predicted molar refractivity (Wildman–Crippen MR) is 94.2 cm³/mol. The standard InChI is InChI=1S/C18H26N4O2/c1-5-13(4)20-18(24)16-21-15(14-8-6-7-11-22(14)16)17(23)19-10-9-12(2)3/h6-8,11-13H,5,9-10H2,1-4H3,(H,19,23)(H,20,24). The van der Waals surface area contributed by atoms with Crippen molar-refractivity contribution in [3.05, 3.63) is 35.9 Å².